The predicted octanol–water partition coefficient (Wildman–Crippen LogP) is 2.68. The van der Waals surface area contributed by atoms with Crippen LogP contribution in [0.5, 0.6) is 0 Å². The molecule has 1 amide bonds. The molecule has 3 rings (SSSR count). The van der Waals surface area contributed by atoms with Crippen LogP contribution in [0.1, 0.15) is 21.0 Å². The number of benzene rings is 1. The summed E-state index contributed by atoms with van der Waals surface area (Å²) in [5, 5.41) is 5.04. The Kier molecular flexibility index (Phi) is 5.48. The van der Waals surface area contributed by atoms with Gasteiger partial charge in [-0.1, -0.05) is 17.7 Å². The van der Waals surface area contributed by atoms with Gasteiger partial charge in [-0.15, -0.1) is 11.3 Å². The van der Waals surface area contributed by atoms with Crippen molar-refractivity contribution in [2.45, 2.75) is 13.3 Å². The Morgan fingerprint density at radius 1 is 1.23 bits per heavy atom. The van der Waals surface area contributed by atoms with Crippen molar-refractivity contribution in [2.24, 2.45) is 0 Å². The second kappa shape index (κ2) is 7.97. The van der Waals surface area contributed by atoms with Crippen molar-refractivity contribution >= 4 is 34.2 Å². The number of esters is 1. The molecule has 3 aromatic rings. The second-order valence-corrected chi connectivity index (χ2v) is 6.76. The van der Waals surface area contributed by atoms with Crippen LogP contribution in [0, 0.1) is 6.92 Å². The van der Waals surface area contributed by atoms with E-state index < -0.39 is 18.5 Å². The van der Waals surface area contributed by atoms with Crippen LogP contribution in [-0.4, -0.2) is 25.0 Å². The molecule has 6 nitrogen and oxygen atoms in total. The van der Waals surface area contributed by atoms with E-state index in [0.717, 1.165) is 22.9 Å². The number of carbonyl (C=O) groups excluding carboxylic acids is 2. The molecule has 2 heterocycles. The van der Waals surface area contributed by atoms with Crippen molar-refractivity contribution in [2.75, 3.05) is 13.2 Å². The lowest BCUT2D eigenvalue weighted by Gasteiger charge is -2.06. The van der Waals surface area contributed by atoms with Gasteiger partial charge in [0.1, 0.15) is 5.58 Å². The molecule has 0 aliphatic heterocycles. The van der Waals surface area contributed by atoms with Gasteiger partial charge in [0, 0.05) is 17.5 Å². The van der Waals surface area contributed by atoms with E-state index in [1.165, 1.54) is 0 Å². The molecule has 0 saturated heterocycles. The van der Waals surface area contributed by atoms with Crippen molar-refractivity contribution in [1.82, 2.24) is 5.32 Å². The number of ether oxygens (including phenoxy) is 1. The number of thiophene rings is 1. The smallest absolute Gasteiger partial charge is 0.374 e. The molecule has 0 unspecified atom stereocenters. The van der Waals surface area contributed by atoms with Gasteiger partial charge in [0.05, 0.1) is 5.39 Å². The number of nitrogens with one attached hydrogen (secondary N) is 1. The summed E-state index contributed by atoms with van der Waals surface area (Å²) in [5.41, 5.74) is 0.886. The fraction of sp³-hybridized carbons (Fsp3) is 0.211. The highest BCUT2D eigenvalue weighted by Gasteiger charge is 2.15. The predicted molar refractivity (Wildman–Crippen MR) is 98.5 cm³/mol. The third kappa shape index (κ3) is 4.37. The molecule has 1 aromatic carbocycles. The van der Waals surface area contributed by atoms with Crippen LogP contribution < -0.4 is 10.7 Å². The number of fused-ring (bicyclic) bond motifs is 1. The highest BCUT2D eigenvalue weighted by Crippen LogP contribution is 2.14. The summed E-state index contributed by atoms with van der Waals surface area (Å²) in [6, 6.07) is 10.1. The molecule has 134 valence electrons. The first kappa shape index (κ1) is 17.9. The largest absolute Gasteiger partial charge is 0.450 e. The van der Waals surface area contributed by atoms with Gasteiger partial charge in [0.2, 0.25) is 5.76 Å². The summed E-state index contributed by atoms with van der Waals surface area (Å²) in [7, 11) is 0. The fourth-order valence-corrected chi connectivity index (χ4v) is 3.11. The molecule has 1 N–H and O–H groups in total. The Morgan fingerprint density at radius 3 is 2.85 bits per heavy atom. The first-order valence-electron chi connectivity index (χ1n) is 8.03. The van der Waals surface area contributed by atoms with Crippen molar-refractivity contribution in [3.63, 3.8) is 0 Å². The van der Waals surface area contributed by atoms with Crippen molar-refractivity contribution in [3.8, 4) is 0 Å². The minimum atomic E-state index is -0.849. The van der Waals surface area contributed by atoms with E-state index >= 15 is 0 Å². The number of rotatable bonds is 6. The molecule has 7 heteroatoms. The molecule has 0 atom stereocenters. The highest BCUT2D eigenvalue weighted by atomic mass is 32.1. The summed E-state index contributed by atoms with van der Waals surface area (Å²) in [6.07, 6.45) is 0.719. The molecule has 0 bridgehead atoms. The Labute approximate surface area is 153 Å². The molecular weight excluding hydrogens is 354 g/mol. The quantitative estimate of drug-likeness (QED) is 0.674. The van der Waals surface area contributed by atoms with Crippen molar-refractivity contribution in [3.05, 3.63) is 68.2 Å². The van der Waals surface area contributed by atoms with Crippen molar-refractivity contribution in [1.29, 1.82) is 0 Å². The molecule has 0 radical (unpaired) electrons. The van der Waals surface area contributed by atoms with Crippen LogP contribution in [-0.2, 0) is 16.0 Å². The number of hydrogen-bond donors (Lipinski definition) is 1. The average molecular weight is 371 g/mol. The van der Waals surface area contributed by atoms with Gasteiger partial charge >= 0.3 is 5.97 Å². The monoisotopic (exact) mass is 371 g/mol. The first-order valence-corrected chi connectivity index (χ1v) is 8.91. The lowest BCUT2D eigenvalue weighted by molar-refractivity contribution is -0.124. The van der Waals surface area contributed by atoms with E-state index in [-0.39, 0.29) is 11.2 Å². The minimum Gasteiger partial charge on any atom is -0.450 e. The fourth-order valence-electron chi connectivity index (χ4n) is 2.40. The standard InChI is InChI=1S/C19H17NO5S/c1-12-4-5-16-14(9-12)15(21)10-17(25-16)19(23)24-11-18(22)20-7-6-13-3-2-8-26-13/h2-5,8-10H,6-7,11H2,1H3,(H,20,22). The van der Waals surface area contributed by atoms with Gasteiger partial charge in [0.15, 0.2) is 12.0 Å². The van der Waals surface area contributed by atoms with Crippen LogP contribution in [0.15, 0.2) is 51.0 Å². The van der Waals surface area contributed by atoms with Gasteiger partial charge in [0.25, 0.3) is 5.91 Å². The number of carbonyl (C=O) groups is 2. The van der Waals surface area contributed by atoms with Gasteiger partial charge in [-0.05, 0) is 36.9 Å². The molecule has 26 heavy (non-hydrogen) atoms. The van der Waals surface area contributed by atoms with E-state index in [1.807, 2.05) is 24.4 Å². The lowest BCUT2D eigenvalue weighted by atomic mass is 10.1. The number of amides is 1. The van der Waals surface area contributed by atoms with Gasteiger partial charge in [-0.2, -0.15) is 0 Å². The van der Waals surface area contributed by atoms with Crippen molar-refractivity contribution < 1.29 is 18.7 Å². The molecule has 0 spiro atoms. The first-order chi connectivity index (χ1) is 12.5. The Hall–Kier alpha value is -2.93. The topological polar surface area (TPSA) is 85.6 Å². The summed E-state index contributed by atoms with van der Waals surface area (Å²) in [4.78, 5) is 37.1. The summed E-state index contributed by atoms with van der Waals surface area (Å²) >= 11 is 1.61. The summed E-state index contributed by atoms with van der Waals surface area (Å²) in [6.45, 7) is 1.89. The van der Waals surface area contributed by atoms with E-state index in [1.54, 1.807) is 29.5 Å². The van der Waals surface area contributed by atoms with Crippen LogP contribution in [0.4, 0.5) is 0 Å². The van der Waals surface area contributed by atoms with E-state index in [9.17, 15) is 14.4 Å². The van der Waals surface area contributed by atoms with Crippen LogP contribution in [0.3, 0.4) is 0 Å². The van der Waals surface area contributed by atoms with Crippen LogP contribution in [0.25, 0.3) is 11.0 Å². The molecule has 0 aliphatic rings. The Bertz CT molecular complexity index is 991. The maximum Gasteiger partial charge on any atom is 0.374 e. The summed E-state index contributed by atoms with van der Waals surface area (Å²) < 4.78 is 10.3. The molecule has 0 aliphatic carbocycles. The van der Waals surface area contributed by atoms with E-state index in [4.69, 9.17) is 9.15 Å². The number of aryl methyl sites for hydroxylation is 1. The SMILES string of the molecule is Cc1ccc2oc(C(=O)OCC(=O)NCCc3cccs3)cc(=O)c2c1. The maximum atomic E-state index is 12.1. The zero-order valence-corrected chi connectivity index (χ0v) is 14.9. The van der Waals surface area contributed by atoms with E-state index in [0.29, 0.717) is 17.5 Å². The minimum absolute atomic E-state index is 0.224. The molecular formula is C19H17NO5S. The lowest BCUT2D eigenvalue weighted by Crippen LogP contribution is -2.30. The van der Waals surface area contributed by atoms with Gasteiger partial charge < -0.3 is 14.5 Å². The zero-order valence-electron chi connectivity index (χ0n) is 14.1. The normalized spacial score (nSPS) is 10.7. The highest BCUT2D eigenvalue weighted by molar-refractivity contribution is 7.09. The average Bonchev–Trinajstić information content (AvgIpc) is 3.13. The third-order valence-corrected chi connectivity index (χ3v) is 4.63. The van der Waals surface area contributed by atoms with Gasteiger partial charge in [-0.25, -0.2) is 4.79 Å². The Morgan fingerprint density at radius 2 is 2.08 bits per heavy atom. The maximum absolute atomic E-state index is 12.1. The summed E-state index contributed by atoms with van der Waals surface area (Å²) in [5.74, 6) is -1.48. The van der Waals surface area contributed by atoms with E-state index in [2.05, 4.69) is 5.32 Å². The molecule has 0 fully saturated rings. The van der Waals surface area contributed by atoms with Gasteiger partial charge in [-0.3, -0.25) is 9.59 Å². The Balaban J connectivity index is 1.56. The van der Waals surface area contributed by atoms with Crippen LogP contribution in [0.2, 0.25) is 0 Å². The molecule has 2 aromatic heterocycles. The zero-order chi connectivity index (χ0) is 18.5. The molecule has 0 saturated carbocycles. The number of hydrogen-bond acceptors (Lipinski definition) is 6. The van der Waals surface area contributed by atoms with Crippen LogP contribution >= 0.6 is 11.3 Å². The second-order valence-electron chi connectivity index (χ2n) is 5.73. The third-order valence-electron chi connectivity index (χ3n) is 3.69.